The molecular formula is C15H17F2N3O3S. The van der Waals surface area contributed by atoms with E-state index in [2.05, 4.69) is 15.0 Å². The fraction of sp³-hybridized carbons (Fsp3) is 0.400. The third kappa shape index (κ3) is 4.38. The summed E-state index contributed by atoms with van der Waals surface area (Å²) in [5.74, 6) is -0.158. The van der Waals surface area contributed by atoms with Crippen LogP contribution in [-0.2, 0) is 0 Å². The van der Waals surface area contributed by atoms with Gasteiger partial charge in [0.15, 0.2) is 0 Å². The Morgan fingerprint density at radius 2 is 2.04 bits per heavy atom. The number of nitrogens with one attached hydrogen (secondary N) is 1. The fourth-order valence-corrected chi connectivity index (χ4v) is 2.96. The average Bonchev–Trinajstić information content (AvgIpc) is 2.96. The molecule has 0 bridgehead atoms. The number of nitro groups is 1. The third-order valence-electron chi connectivity index (χ3n) is 3.23. The molecule has 0 aliphatic rings. The van der Waals surface area contributed by atoms with Gasteiger partial charge in [0, 0.05) is 29.1 Å². The Bertz CT molecular complexity index is 722. The number of halogens is 2. The van der Waals surface area contributed by atoms with E-state index in [1.54, 1.807) is 11.3 Å². The second kappa shape index (κ2) is 7.52. The summed E-state index contributed by atoms with van der Waals surface area (Å²) in [4.78, 5) is 14.6. The Kier molecular flexibility index (Phi) is 5.66. The van der Waals surface area contributed by atoms with Crippen LogP contribution < -0.4 is 10.1 Å². The van der Waals surface area contributed by atoms with Crippen LogP contribution in [0.4, 0.5) is 20.2 Å². The standard InChI is InChI=1S/C15H17F2N3O3S/c1-8(2)14-19-11(7-24-14)9(3)18-10-4-5-12(20(21)22)13(6-10)23-15(16)17/h4-9,15,18H,1-3H3. The molecule has 0 aliphatic heterocycles. The quantitative estimate of drug-likeness (QED) is 0.560. The Balaban J connectivity index is 2.20. The Morgan fingerprint density at radius 3 is 2.58 bits per heavy atom. The Morgan fingerprint density at radius 1 is 1.33 bits per heavy atom. The zero-order valence-electron chi connectivity index (χ0n) is 13.3. The summed E-state index contributed by atoms with van der Waals surface area (Å²) in [6.07, 6.45) is 0. The Hall–Kier alpha value is -2.29. The predicted molar refractivity (Wildman–Crippen MR) is 88.0 cm³/mol. The number of alkyl halides is 2. The summed E-state index contributed by atoms with van der Waals surface area (Å²) >= 11 is 1.55. The molecule has 1 aromatic carbocycles. The van der Waals surface area contributed by atoms with Gasteiger partial charge in [0.05, 0.1) is 21.7 Å². The van der Waals surface area contributed by atoms with Gasteiger partial charge in [-0.25, -0.2) is 4.98 Å². The molecule has 0 spiro atoms. The normalized spacial score (nSPS) is 12.5. The van der Waals surface area contributed by atoms with E-state index in [1.807, 2.05) is 26.2 Å². The molecule has 0 aliphatic carbocycles. The van der Waals surface area contributed by atoms with Crippen molar-refractivity contribution in [1.29, 1.82) is 0 Å². The molecular weight excluding hydrogens is 340 g/mol. The first-order valence-corrected chi connectivity index (χ1v) is 8.11. The van der Waals surface area contributed by atoms with E-state index >= 15 is 0 Å². The molecule has 1 atom stereocenters. The molecule has 1 heterocycles. The van der Waals surface area contributed by atoms with Crippen molar-refractivity contribution in [2.24, 2.45) is 0 Å². The minimum Gasteiger partial charge on any atom is -0.427 e. The first-order chi connectivity index (χ1) is 11.3. The van der Waals surface area contributed by atoms with Crippen molar-refractivity contribution in [2.75, 3.05) is 5.32 Å². The van der Waals surface area contributed by atoms with Crippen molar-refractivity contribution in [1.82, 2.24) is 4.98 Å². The highest BCUT2D eigenvalue weighted by molar-refractivity contribution is 7.09. The topological polar surface area (TPSA) is 77.3 Å². The van der Waals surface area contributed by atoms with Crippen LogP contribution in [0, 0.1) is 10.1 Å². The third-order valence-corrected chi connectivity index (χ3v) is 4.40. The number of anilines is 1. The summed E-state index contributed by atoms with van der Waals surface area (Å²) in [7, 11) is 0. The van der Waals surface area contributed by atoms with Gasteiger partial charge in [-0.3, -0.25) is 10.1 Å². The highest BCUT2D eigenvalue weighted by Gasteiger charge is 2.20. The van der Waals surface area contributed by atoms with E-state index in [0.717, 1.165) is 16.8 Å². The van der Waals surface area contributed by atoms with Crippen LogP contribution in [0.15, 0.2) is 23.6 Å². The van der Waals surface area contributed by atoms with Gasteiger partial charge in [0.2, 0.25) is 5.75 Å². The SMILES string of the molecule is CC(C)c1nc(C(C)Nc2ccc([N+](=O)[O-])c(OC(F)F)c2)cs1. The first-order valence-electron chi connectivity index (χ1n) is 7.23. The van der Waals surface area contributed by atoms with E-state index in [0.29, 0.717) is 11.6 Å². The maximum absolute atomic E-state index is 12.4. The van der Waals surface area contributed by atoms with E-state index in [-0.39, 0.29) is 6.04 Å². The van der Waals surface area contributed by atoms with Gasteiger partial charge in [0.25, 0.3) is 0 Å². The van der Waals surface area contributed by atoms with Crippen molar-refractivity contribution in [3.05, 3.63) is 44.4 Å². The van der Waals surface area contributed by atoms with Gasteiger partial charge in [0.1, 0.15) is 0 Å². The Labute approximate surface area is 141 Å². The molecule has 9 heteroatoms. The zero-order valence-corrected chi connectivity index (χ0v) is 14.1. The smallest absolute Gasteiger partial charge is 0.387 e. The number of aromatic nitrogens is 1. The molecule has 0 radical (unpaired) electrons. The number of nitro benzene ring substituents is 1. The maximum Gasteiger partial charge on any atom is 0.387 e. The fourth-order valence-electron chi connectivity index (χ4n) is 2.03. The lowest BCUT2D eigenvalue weighted by Crippen LogP contribution is -2.09. The van der Waals surface area contributed by atoms with E-state index in [9.17, 15) is 18.9 Å². The van der Waals surface area contributed by atoms with Crippen LogP contribution in [-0.4, -0.2) is 16.5 Å². The molecule has 130 valence electrons. The van der Waals surface area contributed by atoms with E-state index in [1.165, 1.54) is 12.1 Å². The van der Waals surface area contributed by atoms with Crippen LogP contribution >= 0.6 is 11.3 Å². The summed E-state index contributed by atoms with van der Waals surface area (Å²) in [5, 5.41) is 16.9. The van der Waals surface area contributed by atoms with Gasteiger partial charge in [-0.2, -0.15) is 8.78 Å². The number of nitrogens with zero attached hydrogens (tertiary/aromatic N) is 2. The molecule has 1 aromatic heterocycles. The van der Waals surface area contributed by atoms with Gasteiger partial charge in [-0.1, -0.05) is 13.8 Å². The van der Waals surface area contributed by atoms with Crippen molar-refractivity contribution in [2.45, 2.75) is 39.3 Å². The number of thiazole rings is 1. The molecule has 0 saturated heterocycles. The molecule has 2 aromatic rings. The summed E-state index contributed by atoms with van der Waals surface area (Å²) in [5.41, 5.74) is 0.741. The summed E-state index contributed by atoms with van der Waals surface area (Å²) < 4.78 is 29.1. The van der Waals surface area contributed by atoms with Crippen LogP contribution in [0.3, 0.4) is 0 Å². The van der Waals surface area contributed by atoms with Crippen molar-refractivity contribution >= 4 is 22.7 Å². The highest BCUT2D eigenvalue weighted by atomic mass is 32.1. The largest absolute Gasteiger partial charge is 0.427 e. The molecule has 1 N–H and O–H groups in total. The summed E-state index contributed by atoms with van der Waals surface area (Å²) in [6, 6.07) is 3.58. The molecule has 6 nitrogen and oxygen atoms in total. The number of hydrogen-bond acceptors (Lipinski definition) is 6. The monoisotopic (exact) mass is 357 g/mol. The predicted octanol–water partition coefficient (Wildman–Crippen LogP) is 4.95. The number of ether oxygens (including phenoxy) is 1. The lowest BCUT2D eigenvalue weighted by molar-refractivity contribution is -0.386. The second-order valence-corrected chi connectivity index (χ2v) is 6.34. The molecule has 1 unspecified atom stereocenters. The van der Waals surface area contributed by atoms with Gasteiger partial charge in [-0.15, -0.1) is 11.3 Å². The molecule has 0 amide bonds. The lowest BCUT2D eigenvalue weighted by atomic mass is 10.2. The van der Waals surface area contributed by atoms with Crippen LogP contribution in [0.25, 0.3) is 0 Å². The van der Waals surface area contributed by atoms with Crippen LogP contribution in [0.1, 0.15) is 43.4 Å². The summed E-state index contributed by atoms with van der Waals surface area (Å²) in [6.45, 7) is 2.83. The molecule has 0 saturated carbocycles. The first kappa shape index (κ1) is 18.1. The number of benzene rings is 1. The van der Waals surface area contributed by atoms with Gasteiger partial charge >= 0.3 is 12.3 Å². The highest BCUT2D eigenvalue weighted by Crippen LogP contribution is 2.33. The minimum atomic E-state index is -3.14. The second-order valence-electron chi connectivity index (χ2n) is 5.45. The van der Waals surface area contributed by atoms with Crippen molar-refractivity contribution in [3.63, 3.8) is 0 Å². The van der Waals surface area contributed by atoms with Crippen molar-refractivity contribution in [3.8, 4) is 5.75 Å². The van der Waals surface area contributed by atoms with E-state index in [4.69, 9.17) is 0 Å². The average molecular weight is 357 g/mol. The molecule has 24 heavy (non-hydrogen) atoms. The zero-order chi connectivity index (χ0) is 17.9. The van der Waals surface area contributed by atoms with Crippen molar-refractivity contribution < 1.29 is 18.4 Å². The number of rotatable bonds is 7. The van der Waals surface area contributed by atoms with Crippen LogP contribution in [0.2, 0.25) is 0 Å². The minimum absolute atomic E-state index is 0.186. The van der Waals surface area contributed by atoms with E-state index < -0.39 is 23.0 Å². The number of hydrogen-bond donors (Lipinski definition) is 1. The lowest BCUT2D eigenvalue weighted by Gasteiger charge is -2.14. The molecule has 2 rings (SSSR count). The van der Waals surface area contributed by atoms with Gasteiger partial charge in [-0.05, 0) is 13.0 Å². The molecule has 0 fully saturated rings. The maximum atomic E-state index is 12.4. The van der Waals surface area contributed by atoms with Gasteiger partial charge < -0.3 is 10.1 Å². The van der Waals surface area contributed by atoms with Crippen LogP contribution in [0.5, 0.6) is 5.75 Å².